The first-order valence-corrected chi connectivity index (χ1v) is 8.78. The molecule has 0 bridgehead atoms. The Hall–Kier alpha value is -2.89. The third-order valence-electron chi connectivity index (χ3n) is 4.35. The number of ether oxygens (including phenoxy) is 1. The van der Waals surface area contributed by atoms with Crippen molar-refractivity contribution in [3.05, 3.63) is 65.5 Å². The first-order valence-electron chi connectivity index (χ1n) is 8.78. The van der Waals surface area contributed by atoms with Crippen LogP contribution in [0, 0.1) is 5.82 Å². The van der Waals surface area contributed by atoms with Gasteiger partial charge in [-0.3, -0.25) is 9.59 Å². The van der Waals surface area contributed by atoms with Gasteiger partial charge >= 0.3 is 0 Å². The Balaban J connectivity index is 1.98. The molecule has 0 radical (unpaired) electrons. The van der Waals surface area contributed by atoms with Crippen LogP contribution in [0.25, 0.3) is 0 Å². The molecule has 0 saturated heterocycles. The summed E-state index contributed by atoms with van der Waals surface area (Å²) in [4.78, 5) is 25.8. The van der Waals surface area contributed by atoms with Crippen LogP contribution in [0.15, 0.2) is 48.5 Å². The molecule has 2 aromatic carbocycles. The van der Waals surface area contributed by atoms with Crippen LogP contribution in [0.3, 0.4) is 0 Å². The summed E-state index contributed by atoms with van der Waals surface area (Å²) in [6.45, 7) is 1.94. The molecule has 6 heteroatoms. The second-order valence-electron chi connectivity index (χ2n) is 6.42. The fourth-order valence-electron chi connectivity index (χ4n) is 2.74. The topological polar surface area (TPSA) is 58.6 Å². The third kappa shape index (κ3) is 6.40. The van der Waals surface area contributed by atoms with Gasteiger partial charge in [-0.2, -0.15) is 0 Å². The molecule has 0 heterocycles. The number of carbonyl (C=O) groups is 2. The Bertz CT molecular complexity index is 760. The molecule has 0 saturated carbocycles. The van der Waals surface area contributed by atoms with Gasteiger partial charge in [-0.25, -0.2) is 4.39 Å². The van der Waals surface area contributed by atoms with Gasteiger partial charge in [0, 0.05) is 20.5 Å². The van der Waals surface area contributed by atoms with E-state index in [4.69, 9.17) is 4.74 Å². The first-order chi connectivity index (χ1) is 12.9. The van der Waals surface area contributed by atoms with Gasteiger partial charge in [-0.05, 0) is 41.8 Å². The Morgan fingerprint density at radius 3 is 2.30 bits per heavy atom. The van der Waals surface area contributed by atoms with Crippen LogP contribution in [0.1, 0.15) is 30.5 Å². The summed E-state index contributed by atoms with van der Waals surface area (Å²) in [7, 11) is 3.31. The molecule has 0 aliphatic rings. The van der Waals surface area contributed by atoms with Crippen LogP contribution in [-0.2, 0) is 16.0 Å². The zero-order valence-electron chi connectivity index (χ0n) is 15.9. The van der Waals surface area contributed by atoms with Crippen molar-refractivity contribution >= 4 is 11.8 Å². The second-order valence-corrected chi connectivity index (χ2v) is 6.42. The highest BCUT2D eigenvalue weighted by atomic mass is 19.1. The van der Waals surface area contributed by atoms with Gasteiger partial charge in [0.05, 0.1) is 19.6 Å². The normalized spacial score (nSPS) is 11.6. The minimum atomic E-state index is -0.408. The van der Waals surface area contributed by atoms with Crippen LogP contribution in [0.2, 0.25) is 0 Å². The number of nitrogens with zero attached hydrogens (tertiary/aromatic N) is 1. The first kappa shape index (κ1) is 20.4. The predicted octanol–water partition coefficient (Wildman–Crippen LogP) is 3.10. The minimum absolute atomic E-state index is 0.0771. The van der Waals surface area contributed by atoms with E-state index in [1.54, 1.807) is 43.3 Å². The summed E-state index contributed by atoms with van der Waals surface area (Å²) < 4.78 is 18.1. The number of nitrogens with one attached hydrogen (secondary N) is 1. The number of likely N-dealkylation sites (N-methyl/N-ethyl adjacent to an activating group) is 1. The molecular formula is C21H25FN2O3. The molecule has 0 aliphatic carbocycles. The van der Waals surface area contributed by atoms with E-state index in [1.807, 2.05) is 12.1 Å². The average Bonchev–Trinajstić information content (AvgIpc) is 2.66. The second kappa shape index (κ2) is 9.71. The lowest BCUT2D eigenvalue weighted by Gasteiger charge is -2.23. The molecule has 1 atom stereocenters. The van der Waals surface area contributed by atoms with Crippen LogP contribution in [-0.4, -0.2) is 37.4 Å². The van der Waals surface area contributed by atoms with Crippen molar-refractivity contribution in [2.24, 2.45) is 0 Å². The maximum absolute atomic E-state index is 13.0. The van der Waals surface area contributed by atoms with E-state index < -0.39 is 6.04 Å². The largest absolute Gasteiger partial charge is 0.497 e. The summed E-state index contributed by atoms with van der Waals surface area (Å²) >= 11 is 0. The zero-order chi connectivity index (χ0) is 19.8. The molecular weight excluding hydrogens is 347 g/mol. The molecule has 0 fully saturated rings. The number of halogens is 1. The van der Waals surface area contributed by atoms with Crippen molar-refractivity contribution in [1.29, 1.82) is 0 Å². The van der Waals surface area contributed by atoms with Gasteiger partial charge in [0.2, 0.25) is 11.8 Å². The highest BCUT2D eigenvalue weighted by molar-refractivity contribution is 5.79. The van der Waals surface area contributed by atoms with Gasteiger partial charge in [-0.1, -0.05) is 24.3 Å². The standard InChI is InChI=1S/C21H25FN2O3/c1-15(25)23-20(17-6-10-19(27-3)11-7-17)14-21(26)24(2)13-12-16-4-8-18(22)9-5-16/h4-11,20H,12-14H2,1-3H3,(H,23,25). The van der Waals surface area contributed by atoms with Crippen LogP contribution in [0.4, 0.5) is 4.39 Å². The van der Waals surface area contributed by atoms with E-state index in [-0.39, 0.29) is 24.1 Å². The monoisotopic (exact) mass is 372 g/mol. The van der Waals surface area contributed by atoms with E-state index in [0.29, 0.717) is 18.7 Å². The van der Waals surface area contributed by atoms with Gasteiger partial charge < -0.3 is 15.0 Å². The molecule has 2 rings (SSSR count). The van der Waals surface area contributed by atoms with E-state index in [1.165, 1.54) is 19.1 Å². The highest BCUT2D eigenvalue weighted by Gasteiger charge is 2.19. The van der Waals surface area contributed by atoms with Gasteiger partial charge in [-0.15, -0.1) is 0 Å². The lowest BCUT2D eigenvalue weighted by Crippen LogP contribution is -2.34. The molecule has 2 aromatic rings. The smallest absolute Gasteiger partial charge is 0.224 e. The fourth-order valence-corrected chi connectivity index (χ4v) is 2.74. The Morgan fingerprint density at radius 1 is 1.11 bits per heavy atom. The van der Waals surface area contributed by atoms with Crippen LogP contribution < -0.4 is 10.1 Å². The molecule has 5 nitrogen and oxygen atoms in total. The highest BCUT2D eigenvalue weighted by Crippen LogP contribution is 2.21. The van der Waals surface area contributed by atoms with Crippen LogP contribution in [0.5, 0.6) is 5.75 Å². The lowest BCUT2D eigenvalue weighted by molar-refractivity contribution is -0.130. The van der Waals surface area contributed by atoms with Crippen molar-refractivity contribution in [2.75, 3.05) is 20.7 Å². The Morgan fingerprint density at radius 2 is 1.74 bits per heavy atom. The van der Waals surface area contributed by atoms with Crippen molar-refractivity contribution in [3.8, 4) is 5.75 Å². The maximum Gasteiger partial charge on any atom is 0.224 e. The van der Waals surface area contributed by atoms with Crippen molar-refractivity contribution < 1.29 is 18.7 Å². The molecule has 1 N–H and O–H groups in total. The van der Waals surface area contributed by atoms with E-state index >= 15 is 0 Å². The number of methoxy groups -OCH3 is 1. The lowest BCUT2D eigenvalue weighted by atomic mass is 10.0. The van der Waals surface area contributed by atoms with Gasteiger partial charge in [0.15, 0.2) is 0 Å². The number of rotatable bonds is 8. The third-order valence-corrected chi connectivity index (χ3v) is 4.35. The minimum Gasteiger partial charge on any atom is -0.497 e. The number of amides is 2. The molecule has 1 unspecified atom stereocenters. The molecule has 0 spiro atoms. The Kier molecular flexibility index (Phi) is 7.34. The summed E-state index contributed by atoms with van der Waals surface area (Å²) in [5.41, 5.74) is 1.80. The van der Waals surface area contributed by atoms with Gasteiger partial charge in [0.25, 0.3) is 0 Å². The number of hydrogen-bond acceptors (Lipinski definition) is 3. The molecule has 144 valence electrons. The van der Waals surface area contributed by atoms with E-state index in [0.717, 1.165) is 11.1 Å². The average molecular weight is 372 g/mol. The SMILES string of the molecule is COc1ccc(C(CC(=O)N(C)CCc2ccc(F)cc2)NC(C)=O)cc1. The number of benzene rings is 2. The zero-order valence-corrected chi connectivity index (χ0v) is 15.9. The number of carbonyl (C=O) groups excluding carboxylic acids is 2. The van der Waals surface area contributed by atoms with E-state index in [9.17, 15) is 14.0 Å². The maximum atomic E-state index is 13.0. The predicted molar refractivity (Wildman–Crippen MR) is 102 cm³/mol. The van der Waals surface area contributed by atoms with Crippen LogP contribution >= 0.6 is 0 Å². The molecule has 0 aliphatic heterocycles. The van der Waals surface area contributed by atoms with Gasteiger partial charge in [0.1, 0.15) is 11.6 Å². The van der Waals surface area contributed by atoms with E-state index in [2.05, 4.69) is 5.32 Å². The Labute approximate surface area is 159 Å². The summed E-state index contributed by atoms with van der Waals surface area (Å²) in [6, 6.07) is 13.1. The fraction of sp³-hybridized carbons (Fsp3) is 0.333. The number of hydrogen-bond donors (Lipinski definition) is 1. The van der Waals surface area contributed by atoms with Crippen molar-refractivity contribution in [3.63, 3.8) is 0 Å². The van der Waals surface area contributed by atoms with Crippen molar-refractivity contribution in [1.82, 2.24) is 10.2 Å². The summed E-state index contributed by atoms with van der Waals surface area (Å²) in [6.07, 6.45) is 0.793. The molecule has 2 amide bonds. The molecule has 0 aromatic heterocycles. The molecule has 27 heavy (non-hydrogen) atoms. The quantitative estimate of drug-likeness (QED) is 0.775. The summed E-state index contributed by atoms with van der Waals surface area (Å²) in [5, 5.41) is 2.83. The summed E-state index contributed by atoms with van der Waals surface area (Å²) in [5.74, 6) is 0.160. The van der Waals surface area contributed by atoms with Crippen molar-refractivity contribution in [2.45, 2.75) is 25.8 Å².